The van der Waals surface area contributed by atoms with Crippen molar-refractivity contribution in [3.8, 4) is 17.0 Å². The monoisotopic (exact) mass is 323 g/mol. The largest absolute Gasteiger partial charge is 0.490 e. The number of hydrogen-bond acceptors (Lipinski definition) is 5. The Morgan fingerprint density at radius 2 is 2.25 bits per heavy atom. The van der Waals surface area contributed by atoms with Crippen LogP contribution in [0.2, 0.25) is 0 Å². The molecule has 0 saturated heterocycles. The normalized spacial score (nSPS) is 16.4. The maximum absolute atomic E-state index is 5.63. The van der Waals surface area contributed by atoms with E-state index in [2.05, 4.69) is 50.0 Å². The van der Waals surface area contributed by atoms with Gasteiger partial charge in [-0.25, -0.2) is 0 Å². The lowest BCUT2D eigenvalue weighted by Gasteiger charge is -2.19. The topological polar surface area (TPSA) is 75.2 Å². The Bertz CT molecular complexity index is 853. The molecular weight excluding hydrogens is 302 g/mol. The lowest BCUT2D eigenvalue weighted by atomic mass is 10.0. The van der Waals surface area contributed by atoms with Crippen LogP contribution in [0.5, 0.6) is 5.75 Å². The number of hydrogen-bond donors (Lipinski definition) is 2. The lowest BCUT2D eigenvalue weighted by Crippen LogP contribution is -2.17. The number of allylic oxidation sites excluding steroid dienone is 4. The summed E-state index contributed by atoms with van der Waals surface area (Å²) in [5, 5.41) is 14.8. The average Bonchev–Trinajstić information content (AvgIpc) is 2.96. The number of H-pyrrole nitrogens is 1. The van der Waals surface area contributed by atoms with Crippen LogP contribution in [0.25, 0.3) is 11.3 Å². The molecule has 0 fully saturated rings. The third kappa shape index (κ3) is 2.95. The number of fused-ring (bicyclic) bond motifs is 1. The van der Waals surface area contributed by atoms with E-state index in [-0.39, 0.29) is 1.43 Å². The second-order valence-electron chi connectivity index (χ2n) is 5.87. The van der Waals surface area contributed by atoms with Crippen molar-refractivity contribution in [2.45, 2.75) is 19.8 Å². The van der Waals surface area contributed by atoms with Crippen LogP contribution in [0.4, 0.5) is 5.69 Å². The summed E-state index contributed by atoms with van der Waals surface area (Å²) in [7, 11) is 0. The van der Waals surface area contributed by atoms with E-state index < -0.39 is 0 Å². The molecule has 0 amide bonds. The van der Waals surface area contributed by atoms with Gasteiger partial charge in [-0.05, 0) is 37.6 Å². The number of rotatable bonds is 3. The number of aromatic amines is 1. The number of ether oxygens (including phenoxy) is 1. The van der Waals surface area contributed by atoms with Gasteiger partial charge in [-0.3, -0.25) is 4.99 Å². The number of aromatic nitrogens is 3. The molecule has 2 aliphatic rings. The molecular formula is C18H21N5O. The SMILES string of the molecule is CC1=CCC=CC(Cc2n[nH]nc2-c2ccc3c(c2)NCCO3)=N1.[HH]. The molecule has 0 spiro atoms. The minimum atomic E-state index is 0. The summed E-state index contributed by atoms with van der Waals surface area (Å²) in [6.45, 7) is 3.53. The van der Waals surface area contributed by atoms with E-state index in [4.69, 9.17) is 4.74 Å². The van der Waals surface area contributed by atoms with Crippen molar-refractivity contribution in [2.24, 2.45) is 4.99 Å². The zero-order chi connectivity index (χ0) is 16.4. The molecule has 124 valence electrons. The quantitative estimate of drug-likeness (QED) is 0.908. The first-order valence-electron chi connectivity index (χ1n) is 8.11. The average molecular weight is 323 g/mol. The number of nitrogens with zero attached hydrogens (tertiary/aromatic N) is 3. The Labute approximate surface area is 141 Å². The van der Waals surface area contributed by atoms with Crippen LogP contribution < -0.4 is 10.1 Å². The van der Waals surface area contributed by atoms with E-state index in [1.54, 1.807) is 0 Å². The van der Waals surface area contributed by atoms with Gasteiger partial charge in [0.1, 0.15) is 18.1 Å². The van der Waals surface area contributed by atoms with E-state index in [0.29, 0.717) is 13.0 Å². The van der Waals surface area contributed by atoms with Gasteiger partial charge in [0.25, 0.3) is 0 Å². The summed E-state index contributed by atoms with van der Waals surface area (Å²) in [6.07, 6.45) is 7.86. The first kappa shape index (κ1) is 14.7. The molecule has 2 aliphatic heterocycles. The van der Waals surface area contributed by atoms with Gasteiger partial charge in [0.2, 0.25) is 0 Å². The van der Waals surface area contributed by atoms with Gasteiger partial charge < -0.3 is 10.1 Å². The fourth-order valence-electron chi connectivity index (χ4n) is 2.92. The molecule has 1 aromatic heterocycles. The van der Waals surface area contributed by atoms with Gasteiger partial charge in [-0.15, -0.1) is 0 Å². The van der Waals surface area contributed by atoms with Crippen molar-refractivity contribution < 1.29 is 6.16 Å². The highest BCUT2D eigenvalue weighted by Crippen LogP contribution is 2.32. The second kappa shape index (κ2) is 6.31. The zero-order valence-corrected chi connectivity index (χ0v) is 13.5. The molecule has 0 unspecified atom stereocenters. The summed E-state index contributed by atoms with van der Waals surface area (Å²) >= 11 is 0. The number of nitrogens with one attached hydrogen (secondary N) is 2. The highest BCUT2D eigenvalue weighted by atomic mass is 16.5. The summed E-state index contributed by atoms with van der Waals surface area (Å²) in [5.74, 6) is 0.881. The highest BCUT2D eigenvalue weighted by Gasteiger charge is 2.16. The van der Waals surface area contributed by atoms with Crippen molar-refractivity contribution in [1.82, 2.24) is 15.4 Å². The molecule has 2 aromatic rings. The molecule has 0 atom stereocenters. The minimum absolute atomic E-state index is 0. The van der Waals surface area contributed by atoms with Crippen LogP contribution >= 0.6 is 0 Å². The molecule has 0 radical (unpaired) electrons. The van der Waals surface area contributed by atoms with Crippen LogP contribution in [0.15, 0.2) is 47.1 Å². The minimum Gasteiger partial charge on any atom is -0.490 e. The smallest absolute Gasteiger partial charge is 0.142 e. The molecule has 2 N–H and O–H groups in total. The van der Waals surface area contributed by atoms with E-state index in [0.717, 1.165) is 52.8 Å². The van der Waals surface area contributed by atoms with Gasteiger partial charge in [0.05, 0.1) is 11.4 Å². The maximum atomic E-state index is 5.63. The van der Waals surface area contributed by atoms with Crippen molar-refractivity contribution >= 4 is 11.4 Å². The first-order chi connectivity index (χ1) is 11.8. The van der Waals surface area contributed by atoms with Crippen LogP contribution in [-0.4, -0.2) is 34.3 Å². The van der Waals surface area contributed by atoms with E-state index in [9.17, 15) is 0 Å². The van der Waals surface area contributed by atoms with Crippen molar-refractivity contribution in [2.75, 3.05) is 18.5 Å². The highest BCUT2D eigenvalue weighted by molar-refractivity contribution is 5.98. The Morgan fingerprint density at radius 3 is 3.21 bits per heavy atom. The van der Waals surface area contributed by atoms with Crippen molar-refractivity contribution in [3.05, 3.63) is 47.8 Å². The predicted octanol–water partition coefficient (Wildman–Crippen LogP) is 3.37. The fourth-order valence-corrected chi connectivity index (χ4v) is 2.92. The lowest BCUT2D eigenvalue weighted by molar-refractivity contribution is 0.323. The van der Waals surface area contributed by atoms with Gasteiger partial charge in [0.15, 0.2) is 0 Å². The Kier molecular flexibility index (Phi) is 3.86. The first-order valence-corrected chi connectivity index (χ1v) is 8.11. The number of aliphatic imine (C=N–C) groups is 1. The van der Waals surface area contributed by atoms with Gasteiger partial charge in [-0.2, -0.15) is 15.4 Å². The molecule has 24 heavy (non-hydrogen) atoms. The Morgan fingerprint density at radius 1 is 1.29 bits per heavy atom. The number of anilines is 1. The molecule has 1 aromatic carbocycles. The van der Waals surface area contributed by atoms with Gasteiger partial charge in [-0.1, -0.05) is 12.2 Å². The van der Waals surface area contributed by atoms with Crippen molar-refractivity contribution in [3.63, 3.8) is 0 Å². The fraction of sp³-hybridized carbons (Fsp3) is 0.278. The molecule has 3 heterocycles. The summed E-state index contributed by atoms with van der Waals surface area (Å²) in [5.41, 5.74) is 5.79. The third-order valence-corrected chi connectivity index (χ3v) is 4.08. The summed E-state index contributed by atoms with van der Waals surface area (Å²) in [4.78, 5) is 4.63. The van der Waals surface area contributed by atoms with Crippen molar-refractivity contribution in [1.29, 1.82) is 0 Å². The van der Waals surface area contributed by atoms with Gasteiger partial charge >= 0.3 is 0 Å². The Hall–Kier alpha value is -2.89. The molecule has 0 saturated carbocycles. The van der Waals surface area contributed by atoms with Crippen LogP contribution in [0.1, 0.15) is 20.5 Å². The van der Waals surface area contributed by atoms with Crippen LogP contribution in [0, 0.1) is 0 Å². The molecule has 0 aliphatic carbocycles. The number of benzene rings is 1. The second-order valence-corrected chi connectivity index (χ2v) is 5.87. The Balaban J connectivity index is 0.00000182. The molecule has 6 nitrogen and oxygen atoms in total. The summed E-state index contributed by atoms with van der Waals surface area (Å²) in [6, 6.07) is 6.06. The van der Waals surface area contributed by atoms with E-state index in [1.807, 2.05) is 19.1 Å². The van der Waals surface area contributed by atoms with E-state index in [1.165, 1.54) is 0 Å². The molecule has 6 heteroatoms. The van der Waals surface area contributed by atoms with Gasteiger partial charge in [0, 0.05) is 31.4 Å². The van der Waals surface area contributed by atoms with Crippen LogP contribution in [-0.2, 0) is 6.42 Å². The van der Waals surface area contributed by atoms with E-state index >= 15 is 0 Å². The zero-order valence-electron chi connectivity index (χ0n) is 13.5. The molecule has 0 bridgehead atoms. The maximum Gasteiger partial charge on any atom is 0.142 e. The van der Waals surface area contributed by atoms with Crippen LogP contribution in [0.3, 0.4) is 0 Å². The molecule has 4 rings (SSSR count). The predicted molar refractivity (Wildman–Crippen MR) is 96.6 cm³/mol. The summed E-state index contributed by atoms with van der Waals surface area (Å²) < 4.78 is 5.63. The standard InChI is InChI=1S/C18H19N5O.H2/c1-12-4-2-3-5-14(20-12)11-16-18(22-23-21-16)13-6-7-17-15(10-13)19-8-9-24-17;/h3-7,10,19H,2,8-9,11H2,1H3,(H,21,22,23);1H. The third-order valence-electron chi connectivity index (χ3n) is 4.08.